The predicted octanol–water partition coefficient (Wildman–Crippen LogP) is 1.32. The van der Waals surface area contributed by atoms with Crippen molar-refractivity contribution in [1.29, 1.82) is 0 Å². The third-order valence-corrected chi connectivity index (χ3v) is 4.60. The lowest BCUT2D eigenvalue weighted by Crippen LogP contribution is -2.40. The van der Waals surface area contributed by atoms with Gasteiger partial charge in [0.1, 0.15) is 13.2 Å². The Morgan fingerprint density at radius 1 is 1.20 bits per heavy atom. The molecule has 2 aliphatic rings. The molecule has 3 heterocycles. The highest BCUT2D eigenvalue weighted by atomic mass is 16.6. The molecule has 0 N–H and O–H groups in total. The molecule has 0 aliphatic carbocycles. The first-order valence-electron chi connectivity index (χ1n) is 8.46. The van der Waals surface area contributed by atoms with Gasteiger partial charge in [-0.1, -0.05) is 6.07 Å². The normalized spacial score (nSPS) is 19.0. The molecule has 0 bridgehead atoms. The highest BCUT2D eigenvalue weighted by molar-refractivity contribution is 5.98. The Morgan fingerprint density at radius 2 is 2.08 bits per heavy atom. The van der Waals surface area contributed by atoms with Crippen LogP contribution >= 0.6 is 0 Å². The van der Waals surface area contributed by atoms with Crippen molar-refractivity contribution in [2.24, 2.45) is 0 Å². The van der Waals surface area contributed by atoms with E-state index in [1.165, 1.54) is 10.7 Å². The smallest absolute Gasteiger partial charge is 0.266 e. The van der Waals surface area contributed by atoms with Crippen LogP contribution in [0.3, 0.4) is 0 Å². The number of amides is 1. The molecular formula is C18H19N3O4. The van der Waals surface area contributed by atoms with Gasteiger partial charge in [-0.05, 0) is 31.0 Å². The number of ether oxygens (including phenoxy) is 2. The van der Waals surface area contributed by atoms with Crippen molar-refractivity contribution in [3.05, 3.63) is 52.4 Å². The van der Waals surface area contributed by atoms with E-state index in [1.54, 1.807) is 30.5 Å². The van der Waals surface area contributed by atoms with Crippen LogP contribution in [0.15, 0.2) is 41.3 Å². The Hall–Kier alpha value is -2.83. The van der Waals surface area contributed by atoms with Crippen LogP contribution in [0, 0.1) is 0 Å². The molecule has 130 valence electrons. The van der Waals surface area contributed by atoms with Crippen molar-refractivity contribution < 1.29 is 14.3 Å². The van der Waals surface area contributed by atoms with E-state index >= 15 is 0 Å². The second kappa shape index (κ2) is 6.58. The molecule has 7 heteroatoms. The van der Waals surface area contributed by atoms with Crippen LogP contribution in [-0.4, -0.2) is 46.4 Å². The molecular weight excluding hydrogens is 322 g/mol. The van der Waals surface area contributed by atoms with Crippen LogP contribution in [0.1, 0.15) is 23.2 Å². The van der Waals surface area contributed by atoms with Crippen molar-refractivity contribution in [3.8, 4) is 11.5 Å². The number of hydrogen-bond acceptors (Lipinski definition) is 5. The number of likely N-dealkylation sites (tertiary alicyclic amines) is 1. The van der Waals surface area contributed by atoms with Gasteiger partial charge in [0.05, 0.1) is 18.2 Å². The summed E-state index contributed by atoms with van der Waals surface area (Å²) >= 11 is 0. The van der Waals surface area contributed by atoms with E-state index in [9.17, 15) is 9.59 Å². The SMILES string of the molecule is O=C(c1cccc2c1OCCO2)N1CCCC1Cn1ncccc1=O. The summed E-state index contributed by atoms with van der Waals surface area (Å²) in [6, 6.07) is 8.41. The molecule has 2 aliphatic heterocycles. The van der Waals surface area contributed by atoms with E-state index in [-0.39, 0.29) is 17.5 Å². The largest absolute Gasteiger partial charge is 0.486 e. The number of fused-ring (bicyclic) bond motifs is 1. The fourth-order valence-corrected chi connectivity index (χ4v) is 3.41. The van der Waals surface area contributed by atoms with Gasteiger partial charge in [0.25, 0.3) is 11.5 Å². The van der Waals surface area contributed by atoms with Gasteiger partial charge >= 0.3 is 0 Å². The van der Waals surface area contributed by atoms with Gasteiger partial charge < -0.3 is 14.4 Å². The van der Waals surface area contributed by atoms with Gasteiger partial charge in [-0.3, -0.25) is 9.59 Å². The number of rotatable bonds is 3. The van der Waals surface area contributed by atoms with Gasteiger partial charge in [-0.25, -0.2) is 4.68 Å². The molecule has 1 aromatic carbocycles. The maximum atomic E-state index is 13.1. The molecule has 2 aromatic rings. The molecule has 4 rings (SSSR count). The van der Waals surface area contributed by atoms with Gasteiger partial charge in [0, 0.05) is 18.8 Å². The maximum absolute atomic E-state index is 13.1. The number of benzene rings is 1. The molecule has 0 saturated carbocycles. The lowest BCUT2D eigenvalue weighted by atomic mass is 10.1. The zero-order chi connectivity index (χ0) is 17.2. The first-order valence-corrected chi connectivity index (χ1v) is 8.46. The summed E-state index contributed by atoms with van der Waals surface area (Å²) in [6.45, 7) is 1.98. The Kier molecular flexibility index (Phi) is 4.13. The van der Waals surface area contributed by atoms with Crippen LogP contribution in [-0.2, 0) is 6.54 Å². The summed E-state index contributed by atoms with van der Waals surface area (Å²) in [7, 11) is 0. The first-order chi connectivity index (χ1) is 12.2. The highest BCUT2D eigenvalue weighted by Crippen LogP contribution is 2.35. The fourth-order valence-electron chi connectivity index (χ4n) is 3.41. The quantitative estimate of drug-likeness (QED) is 0.842. The Morgan fingerprint density at radius 3 is 2.96 bits per heavy atom. The number of para-hydroxylation sites is 1. The zero-order valence-electron chi connectivity index (χ0n) is 13.8. The minimum atomic E-state index is -0.157. The Labute approximate surface area is 144 Å². The topological polar surface area (TPSA) is 73.7 Å². The minimum absolute atomic E-state index is 0.0551. The van der Waals surface area contributed by atoms with Crippen molar-refractivity contribution in [2.75, 3.05) is 19.8 Å². The van der Waals surface area contributed by atoms with Crippen molar-refractivity contribution in [3.63, 3.8) is 0 Å². The van der Waals surface area contributed by atoms with E-state index in [2.05, 4.69) is 5.10 Å². The molecule has 1 atom stereocenters. The molecule has 1 unspecified atom stereocenters. The van der Waals surface area contributed by atoms with Crippen LogP contribution in [0.5, 0.6) is 11.5 Å². The average Bonchev–Trinajstić information content (AvgIpc) is 3.11. The number of carbonyl (C=O) groups is 1. The molecule has 0 radical (unpaired) electrons. The van der Waals surface area contributed by atoms with Crippen molar-refractivity contribution >= 4 is 5.91 Å². The van der Waals surface area contributed by atoms with Crippen LogP contribution in [0.4, 0.5) is 0 Å². The summed E-state index contributed by atoms with van der Waals surface area (Å²) in [4.78, 5) is 26.8. The van der Waals surface area contributed by atoms with Crippen LogP contribution in [0.2, 0.25) is 0 Å². The van der Waals surface area contributed by atoms with Crippen molar-refractivity contribution in [2.45, 2.75) is 25.4 Å². The third kappa shape index (κ3) is 2.97. The summed E-state index contributed by atoms with van der Waals surface area (Å²) in [5.41, 5.74) is 0.355. The van der Waals surface area contributed by atoms with Gasteiger partial charge in [0.15, 0.2) is 11.5 Å². The monoisotopic (exact) mass is 341 g/mol. The third-order valence-electron chi connectivity index (χ3n) is 4.60. The van der Waals surface area contributed by atoms with E-state index in [4.69, 9.17) is 9.47 Å². The standard InChI is InChI=1S/C18H19N3O4/c22-16-7-2-8-19-21(16)12-13-4-3-9-20(13)18(23)14-5-1-6-15-17(14)25-11-10-24-15/h1-2,5-8,13H,3-4,9-12H2. The summed E-state index contributed by atoms with van der Waals surface area (Å²) in [5, 5.41) is 4.10. The fraction of sp³-hybridized carbons (Fsp3) is 0.389. The predicted molar refractivity (Wildman–Crippen MR) is 90.0 cm³/mol. The van der Waals surface area contributed by atoms with E-state index in [0.717, 1.165) is 12.8 Å². The average molecular weight is 341 g/mol. The number of aromatic nitrogens is 2. The molecule has 7 nitrogen and oxygen atoms in total. The lowest BCUT2D eigenvalue weighted by molar-refractivity contribution is 0.0710. The first kappa shape index (κ1) is 15.7. The van der Waals surface area contributed by atoms with Crippen molar-refractivity contribution in [1.82, 2.24) is 14.7 Å². The lowest BCUT2D eigenvalue weighted by Gasteiger charge is -2.27. The van der Waals surface area contributed by atoms with E-state index in [1.807, 2.05) is 4.90 Å². The molecule has 25 heavy (non-hydrogen) atoms. The van der Waals surface area contributed by atoms with E-state index in [0.29, 0.717) is 43.4 Å². The Bertz CT molecular complexity index is 848. The summed E-state index contributed by atoms with van der Waals surface area (Å²) < 4.78 is 12.6. The Balaban J connectivity index is 1.59. The molecule has 1 amide bonds. The minimum Gasteiger partial charge on any atom is -0.486 e. The second-order valence-corrected chi connectivity index (χ2v) is 6.17. The number of carbonyl (C=O) groups excluding carboxylic acids is 1. The van der Waals surface area contributed by atoms with Gasteiger partial charge in [-0.2, -0.15) is 5.10 Å². The number of hydrogen-bond donors (Lipinski definition) is 0. The number of nitrogens with zero attached hydrogens (tertiary/aromatic N) is 3. The highest BCUT2D eigenvalue weighted by Gasteiger charge is 2.32. The molecule has 1 aromatic heterocycles. The van der Waals surface area contributed by atoms with Gasteiger partial charge in [0.2, 0.25) is 0 Å². The second-order valence-electron chi connectivity index (χ2n) is 6.17. The summed E-state index contributed by atoms with van der Waals surface area (Å²) in [6.07, 6.45) is 3.34. The van der Waals surface area contributed by atoms with Crippen LogP contribution < -0.4 is 15.0 Å². The molecule has 1 fully saturated rings. The molecule has 0 spiro atoms. The maximum Gasteiger partial charge on any atom is 0.266 e. The van der Waals surface area contributed by atoms with Gasteiger partial charge in [-0.15, -0.1) is 0 Å². The zero-order valence-corrected chi connectivity index (χ0v) is 13.8. The summed E-state index contributed by atoms with van der Waals surface area (Å²) in [5.74, 6) is 1.03. The van der Waals surface area contributed by atoms with E-state index < -0.39 is 0 Å². The van der Waals surface area contributed by atoms with Crippen LogP contribution in [0.25, 0.3) is 0 Å². The molecule has 1 saturated heterocycles.